The fourth-order valence-corrected chi connectivity index (χ4v) is 11.9. The van der Waals surface area contributed by atoms with E-state index in [4.69, 9.17) is 0 Å². The Hall–Kier alpha value is -7.78. The Labute approximate surface area is 371 Å². The summed E-state index contributed by atoms with van der Waals surface area (Å²) >= 11 is 1.90. The standard InChI is InChI=1S/C61H39NS/c1-3-15-40(16-4-1)41-27-29-42(30-28-41)43-31-33-45(34-32-43)62(44-17-5-2-6-18-44)46-35-36-51-48-20-8-7-19-47(48)49-21-9-12-24-55(49)61(57(51)37-46)56-25-13-10-22-50(56)53-38-54-52-23-11-14-26-59(52)63-60(54)39-58(53)61/h1-39H. The van der Waals surface area contributed by atoms with Gasteiger partial charge < -0.3 is 4.90 Å². The van der Waals surface area contributed by atoms with E-state index in [0.717, 1.165) is 17.1 Å². The van der Waals surface area contributed by atoms with E-state index >= 15 is 0 Å². The van der Waals surface area contributed by atoms with Gasteiger partial charge in [0.2, 0.25) is 0 Å². The molecule has 0 N–H and O–H groups in total. The molecule has 1 unspecified atom stereocenters. The zero-order chi connectivity index (χ0) is 41.5. The average molecular weight is 818 g/mol. The number of anilines is 3. The Bertz CT molecular complexity index is 3550. The van der Waals surface area contributed by atoms with Gasteiger partial charge in [-0.1, -0.05) is 182 Å². The molecule has 63 heavy (non-hydrogen) atoms. The van der Waals surface area contributed by atoms with Crippen LogP contribution >= 0.6 is 11.3 Å². The van der Waals surface area contributed by atoms with E-state index in [1.165, 1.54) is 98.1 Å². The van der Waals surface area contributed by atoms with Crippen LogP contribution in [0.15, 0.2) is 237 Å². The van der Waals surface area contributed by atoms with Gasteiger partial charge in [-0.2, -0.15) is 0 Å². The van der Waals surface area contributed by atoms with E-state index in [2.05, 4.69) is 241 Å². The number of nitrogens with zero attached hydrogens (tertiary/aromatic N) is 1. The summed E-state index contributed by atoms with van der Waals surface area (Å²) in [5.41, 5.74) is 20.5. The quantitative estimate of drug-likeness (QED) is 0.167. The van der Waals surface area contributed by atoms with Gasteiger partial charge in [-0.05, 0) is 132 Å². The lowest BCUT2D eigenvalue weighted by Crippen LogP contribution is -2.29. The molecule has 1 atom stereocenters. The van der Waals surface area contributed by atoms with Gasteiger partial charge in [0.25, 0.3) is 0 Å². The van der Waals surface area contributed by atoms with Gasteiger partial charge in [-0.25, -0.2) is 0 Å². The molecule has 0 radical (unpaired) electrons. The Kier molecular flexibility index (Phi) is 8.06. The van der Waals surface area contributed by atoms with Gasteiger partial charge in [-0.3, -0.25) is 0 Å². The van der Waals surface area contributed by atoms with Crippen molar-refractivity contribution in [3.05, 3.63) is 259 Å². The third-order valence-electron chi connectivity index (χ3n) is 13.5. The maximum atomic E-state index is 2.54. The highest BCUT2D eigenvalue weighted by atomic mass is 32.1. The summed E-state index contributed by atoms with van der Waals surface area (Å²) in [7, 11) is 0. The van der Waals surface area contributed by atoms with Crippen molar-refractivity contribution in [2.75, 3.05) is 4.90 Å². The van der Waals surface area contributed by atoms with Gasteiger partial charge in [0.1, 0.15) is 0 Å². The molecule has 0 saturated heterocycles. The first kappa shape index (κ1) is 35.9. The lowest BCUT2D eigenvalue weighted by Gasteiger charge is -2.36. The Balaban J connectivity index is 1.05. The van der Waals surface area contributed by atoms with Crippen molar-refractivity contribution < 1.29 is 0 Å². The molecule has 294 valence electrons. The normalized spacial score (nSPS) is 14.4. The van der Waals surface area contributed by atoms with Gasteiger partial charge >= 0.3 is 0 Å². The second-order valence-corrected chi connectivity index (χ2v) is 17.9. The molecule has 1 aromatic heterocycles. The molecule has 0 bridgehead atoms. The fourth-order valence-electron chi connectivity index (χ4n) is 10.7. The highest BCUT2D eigenvalue weighted by Gasteiger charge is 2.50. The first-order valence-corrected chi connectivity index (χ1v) is 22.6. The molecule has 0 amide bonds. The van der Waals surface area contributed by atoms with Crippen LogP contribution in [0.5, 0.6) is 0 Å². The summed E-state index contributed by atoms with van der Waals surface area (Å²) in [6.45, 7) is 0. The SMILES string of the molecule is c1ccc(-c2ccc(-c3ccc(N(c4ccccc4)c4ccc5c(c4)C4(c6ccccc6-c6ccccc6-5)c5ccccc5-c5cc6c(cc54)sc4ccccc46)cc3)cc2)cc1. The van der Waals surface area contributed by atoms with Crippen LogP contribution in [0.4, 0.5) is 17.1 Å². The third kappa shape index (κ3) is 5.42. The average Bonchev–Trinajstić information content (AvgIpc) is 3.83. The molecule has 10 aromatic carbocycles. The number of rotatable bonds is 5. The summed E-state index contributed by atoms with van der Waals surface area (Å²) in [5.74, 6) is 0. The van der Waals surface area contributed by atoms with E-state index in [0.29, 0.717) is 0 Å². The molecule has 1 heterocycles. The van der Waals surface area contributed by atoms with Crippen LogP contribution in [-0.4, -0.2) is 0 Å². The number of thiophene rings is 1. The smallest absolute Gasteiger partial charge is 0.0726 e. The molecular weight excluding hydrogens is 779 g/mol. The number of benzene rings is 10. The number of para-hydroxylation sites is 1. The fraction of sp³-hybridized carbons (Fsp3) is 0.0164. The zero-order valence-electron chi connectivity index (χ0n) is 34.4. The van der Waals surface area contributed by atoms with Crippen molar-refractivity contribution in [2.45, 2.75) is 5.41 Å². The van der Waals surface area contributed by atoms with Gasteiger partial charge in [0, 0.05) is 37.2 Å². The molecular formula is C61H39NS. The predicted molar refractivity (Wildman–Crippen MR) is 267 cm³/mol. The maximum Gasteiger partial charge on any atom is 0.0726 e. The van der Waals surface area contributed by atoms with Crippen molar-refractivity contribution in [1.29, 1.82) is 0 Å². The topological polar surface area (TPSA) is 3.24 Å². The molecule has 0 saturated carbocycles. The van der Waals surface area contributed by atoms with Crippen LogP contribution < -0.4 is 4.90 Å². The first-order chi connectivity index (χ1) is 31.2. The minimum atomic E-state index is -0.602. The van der Waals surface area contributed by atoms with E-state index < -0.39 is 5.41 Å². The third-order valence-corrected chi connectivity index (χ3v) is 14.6. The monoisotopic (exact) mass is 817 g/mol. The molecule has 1 spiro atoms. The molecule has 11 aromatic rings. The largest absolute Gasteiger partial charge is 0.310 e. The minimum Gasteiger partial charge on any atom is -0.310 e. The minimum absolute atomic E-state index is 0.602. The molecule has 1 nitrogen and oxygen atoms in total. The molecule has 13 rings (SSSR count). The van der Waals surface area contributed by atoms with Gasteiger partial charge in [0.05, 0.1) is 5.41 Å². The van der Waals surface area contributed by atoms with Crippen molar-refractivity contribution in [2.24, 2.45) is 0 Å². The summed E-state index contributed by atoms with van der Waals surface area (Å²) in [5, 5.41) is 2.65. The van der Waals surface area contributed by atoms with Crippen molar-refractivity contribution in [3.63, 3.8) is 0 Å². The maximum absolute atomic E-state index is 2.54. The van der Waals surface area contributed by atoms with E-state index in [9.17, 15) is 0 Å². The molecule has 2 aliphatic carbocycles. The number of hydrogen-bond donors (Lipinski definition) is 0. The number of fused-ring (bicyclic) bond motifs is 15. The highest BCUT2D eigenvalue weighted by Crippen LogP contribution is 2.63. The van der Waals surface area contributed by atoms with Crippen LogP contribution in [0.1, 0.15) is 22.3 Å². The summed E-state index contributed by atoms with van der Waals surface area (Å²) < 4.78 is 2.64. The summed E-state index contributed by atoms with van der Waals surface area (Å²) in [6.07, 6.45) is 0. The number of hydrogen-bond acceptors (Lipinski definition) is 2. The van der Waals surface area contributed by atoms with E-state index in [1.54, 1.807) is 0 Å². The van der Waals surface area contributed by atoms with Crippen LogP contribution in [0.2, 0.25) is 0 Å². The van der Waals surface area contributed by atoms with Gasteiger partial charge in [-0.15, -0.1) is 11.3 Å². The van der Waals surface area contributed by atoms with Gasteiger partial charge in [0.15, 0.2) is 0 Å². The predicted octanol–water partition coefficient (Wildman–Crippen LogP) is 16.9. The summed E-state index contributed by atoms with van der Waals surface area (Å²) in [6, 6.07) is 88.0. The second kappa shape index (κ2) is 14.1. The van der Waals surface area contributed by atoms with Crippen LogP contribution in [0, 0.1) is 0 Å². The summed E-state index contributed by atoms with van der Waals surface area (Å²) in [4.78, 5) is 2.43. The van der Waals surface area contributed by atoms with E-state index in [-0.39, 0.29) is 0 Å². The first-order valence-electron chi connectivity index (χ1n) is 21.7. The van der Waals surface area contributed by atoms with Crippen LogP contribution in [-0.2, 0) is 5.41 Å². The lowest BCUT2D eigenvalue weighted by atomic mass is 9.65. The Morgan fingerprint density at radius 2 is 0.730 bits per heavy atom. The Morgan fingerprint density at radius 1 is 0.270 bits per heavy atom. The molecule has 0 aliphatic heterocycles. The van der Waals surface area contributed by atoms with Crippen molar-refractivity contribution in [3.8, 4) is 55.6 Å². The molecule has 2 heteroatoms. The highest BCUT2D eigenvalue weighted by molar-refractivity contribution is 7.25. The van der Waals surface area contributed by atoms with Crippen molar-refractivity contribution >= 4 is 48.6 Å². The zero-order valence-corrected chi connectivity index (χ0v) is 35.2. The lowest BCUT2D eigenvalue weighted by molar-refractivity contribution is 0.776. The second-order valence-electron chi connectivity index (χ2n) is 16.8. The van der Waals surface area contributed by atoms with Crippen molar-refractivity contribution in [1.82, 2.24) is 0 Å². The molecule has 0 fully saturated rings. The Morgan fingerprint density at radius 3 is 1.40 bits per heavy atom. The van der Waals surface area contributed by atoms with Crippen LogP contribution in [0.25, 0.3) is 75.8 Å². The van der Waals surface area contributed by atoms with Crippen LogP contribution in [0.3, 0.4) is 0 Å². The van der Waals surface area contributed by atoms with E-state index in [1.807, 2.05) is 11.3 Å². The molecule has 2 aliphatic rings.